The summed E-state index contributed by atoms with van der Waals surface area (Å²) in [4.78, 5) is 14.9. The van der Waals surface area contributed by atoms with E-state index >= 15 is 0 Å². The van der Waals surface area contributed by atoms with Crippen molar-refractivity contribution in [2.24, 2.45) is 17.8 Å². The van der Waals surface area contributed by atoms with Crippen LogP contribution in [0.2, 0.25) is 0 Å². The van der Waals surface area contributed by atoms with Gasteiger partial charge in [-0.2, -0.15) is 0 Å². The molecule has 1 aliphatic heterocycles. The van der Waals surface area contributed by atoms with E-state index in [1.165, 1.54) is 25.7 Å². The van der Waals surface area contributed by atoms with Crippen molar-refractivity contribution in [3.63, 3.8) is 0 Å². The molecule has 7 heteroatoms. The van der Waals surface area contributed by atoms with Crippen LogP contribution in [0.3, 0.4) is 0 Å². The van der Waals surface area contributed by atoms with Gasteiger partial charge in [0.15, 0.2) is 0 Å². The van der Waals surface area contributed by atoms with Crippen molar-refractivity contribution < 1.29 is 14.3 Å². The Balaban J connectivity index is 1.34. The predicted octanol–water partition coefficient (Wildman–Crippen LogP) is 2.32. The maximum atomic E-state index is 12.9. The van der Waals surface area contributed by atoms with E-state index in [1.54, 1.807) is 7.11 Å². The van der Waals surface area contributed by atoms with Crippen molar-refractivity contribution in [3.05, 3.63) is 0 Å². The summed E-state index contributed by atoms with van der Waals surface area (Å²) in [6.07, 6.45) is 10.8. The summed E-state index contributed by atoms with van der Waals surface area (Å²) in [6, 6.07) is 0.487. The molecule has 31 heavy (non-hydrogen) atoms. The fourth-order valence-electron chi connectivity index (χ4n) is 5.73. The number of ether oxygens (including phenoxy) is 2. The van der Waals surface area contributed by atoms with Gasteiger partial charge in [0.1, 0.15) is 6.29 Å². The highest BCUT2D eigenvalue weighted by Gasteiger charge is 2.33. The molecular formula is C24H46N4O3. The fraction of sp³-hybridized carbons (Fsp3) is 0.958. The number of hydrogen-bond acceptors (Lipinski definition) is 6. The first-order chi connectivity index (χ1) is 15.1. The van der Waals surface area contributed by atoms with Crippen molar-refractivity contribution in [2.75, 3.05) is 47.0 Å². The van der Waals surface area contributed by atoms with Crippen LogP contribution in [-0.4, -0.2) is 76.2 Å². The molecule has 0 radical (unpaired) electrons. The molecule has 0 aromatic heterocycles. The van der Waals surface area contributed by atoms with Crippen LogP contribution >= 0.6 is 0 Å². The lowest BCUT2D eigenvalue weighted by Gasteiger charge is -2.40. The second-order valence-corrected chi connectivity index (χ2v) is 9.82. The van der Waals surface area contributed by atoms with Gasteiger partial charge in [0.05, 0.1) is 12.7 Å². The topological polar surface area (TPSA) is 74.9 Å². The molecule has 0 bridgehead atoms. The lowest BCUT2D eigenvalue weighted by molar-refractivity contribution is -0.137. The Morgan fingerprint density at radius 3 is 2.19 bits per heavy atom. The summed E-state index contributed by atoms with van der Waals surface area (Å²) in [7, 11) is 3.55. The molecule has 0 atom stereocenters. The van der Waals surface area contributed by atoms with Crippen LogP contribution in [0.5, 0.6) is 0 Å². The van der Waals surface area contributed by atoms with Gasteiger partial charge in [-0.25, -0.2) is 0 Å². The minimum absolute atomic E-state index is 0.181. The largest absolute Gasteiger partial charge is 0.383 e. The number of methoxy groups -OCH3 is 2. The van der Waals surface area contributed by atoms with Gasteiger partial charge in [0.25, 0.3) is 0 Å². The highest BCUT2D eigenvalue weighted by atomic mass is 16.5. The van der Waals surface area contributed by atoms with Crippen molar-refractivity contribution in [1.82, 2.24) is 20.9 Å². The molecule has 0 spiro atoms. The van der Waals surface area contributed by atoms with Gasteiger partial charge < -0.3 is 14.4 Å². The molecule has 3 N–H and O–H groups in total. The molecule has 3 fully saturated rings. The molecule has 2 aliphatic carbocycles. The molecule has 1 amide bonds. The van der Waals surface area contributed by atoms with E-state index in [4.69, 9.17) is 9.47 Å². The summed E-state index contributed by atoms with van der Waals surface area (Å²) >= 11 is 0. The first kappa shape index (κ1) is 24.9. The average Bonchev–Trinajstić information content (AvgIpc) is 2.82. The summed E-state index contributed by atoms with van der Waals surface area (Å²) in [5, 5.41) is 11.1. The van der Waals surface area contributed by atoms with Crippen LogP contribution in [0.4, 0.5) is 0 Å². The third-order valence-corrected chi connectivity index (χ3v) is 7.74. The van der Waals surface area contributed by atoms with Crippen molar-refractivity contribution in [2.45, 2.75) is 83.1 Å². The molecule has 2 saturated carbocycles. The van der Waals surface area contributed by atoms with Crippen LogP contribution < -0.4 is 16.0 Å². The lowest BCUT2D eigenvalue weighted by atomic mass is 9.78. The second kappa shape index (κ2) is 13.1. The standard InChI is InChI=1S/C24H46N4O3/c1-4-13-28(14-15-30-2)23(29)19-5-9-21(10-6-19)27-24-25-16-20(17-26-24)18-7-11-22(31-3)12-8-18/h18-22,24-27H,4-17H2,1-3H3. The highest BCUT2D eigenvalue weighted by Crippen LogP contribution is 2.32. The normalized spacial score (nSPS) is 34.4. The molecular weight excluding hydrogens is 392 g/mol. The van der Waals surface area contributed by atoms with Crippen molar-refractivity contribution in [1.29, 1.82) is 0 Å². The maximum Gasteiger partial charge on any atom is 0.225 e. The number of amides is 1. The third-order valence-electron chi connectivity index (χ3n) is 7.74. The van der Waals surface area contributed by atoms with Crippen LogP contribution in [-0.2, 0) is 14.3 Å². The van der Waals surface area contributed by atoms with Crippen LogP contribution in [0.1, 0.15) is 64.7 Å². The highest BCUT2D eigenvalue weighted by molar-refractivity contribution is 5.79. The van der Waals surface area contributed by atoms with Crippen LogP contribution in [0, 0.1) is 17.8 Å². The second-order valence-electron chi connectivity index (χ2n) is 9.82. The molecule has 0 aromatic rings. The Kier molecular flexibility index (Phi) is 10.5. The number of nitrogens with one attached hydrogen (secondary N) is 3. The maximum absolute atomic E-state index is 12.9. The van der Waals surface area contributed by atoms with E-state index in [2.05, 4.69) is 22.9 Å². The van der Waals surface area contributed by atoms with E-state index < -0.39 is 0 Å². The average molecular weight is 439 g/mol. The number of carbonyl (C=O) groups is 1. The zero-order valence-corrected chi connectivity index (χ0v) is 20.0. The fourth-order valence-corrected chi connectivity index (χ4v) is 5.73. The molecule has 7 nitrogen and oxygen atoms in total. The molecule has 3 aliphatic rings. The predicted molar refractivity (Wildman–Crippen MR) is 124 cm³/mol. The molecule has 1 heterocycles. The van der Waals surface area contributed by atoms with Crippen LogP contribution in [0.25, 0.3) is 0 Å². The van der Waals surface area contributed by atoms with E-state index in [1.807, 2.05) is 12.0 Å². The molecule has 180 valence electrons. The van der Waals surface area contributed by atoms with Crippen LogP contribution in [0.15, 0.2) is 0 Å². The number of nitrogens with zero attached hydrogens (tertiary/aromatic N) is 1. The Bertz CT molecular complexity index is 511. The number of carbonyl (C=O) groups excluding carboxylic acids is 1. The van der Waals surface area contributed by atoms with E-state index in [-0.39, 0.29) is 12.2 Å². The monoisotopic (exact) mass is 438 g/mol. The molecule has 1 saturated heterocycles. The van der Waals surface area contributed by atoms with Gasteiger partial charge in [-0.3, -0.25) is 20.7 Å². The SMILES string of the molecule is CCCN(CCOC)C(=O)C1CCC(NC2NCC(C3CCC(OC)CC3)CN2)CC1. The lowest BCUT2D eigenvalue weighted by Crippen LogP contribution is -2.63. The van der Waals surface area contributed by atoms with E-state index in [0.717, 1.165) is 63.6 Å². The van der Waals surface area contributed by atoms with E-state index in [9.17, 15) is 4.79 Å². The van der Waals surface area contributed by atoms with E-state index in [0.29, 0.717) is 31.2 Å². The summed E-state index contributed by atoms with van der Waals surface area (Å²) in [5.74, 6) is 2.05. The Morgan fingerprint density at radius 1 is 0.935 bits per heavy atom. The van der Waals surface area contributed by atoms with Gasteiger partial charge in [0.2, 0.25) is 5.91 Å². The molecule has 0 unspecified atom stereocenters. The van der Waals surface area contributed by atoms with Gasteiger partial charge in [0, 0.05) is 52.4 Å². The van der Waals surface area contributed by atoms with Gasteiger partial charge in [-0.05, 0) is 69.6 Å². The number of rotatable bonds is 10. The van der Waals surface area contributed by atoms with Gasteiger partial charge in [-0.15, -0.1) is 0 Å². The molecule has 0 aromatic carbocycles. The summed E-state index contributed by atoms with van der Waals surface area (Å²) in [6.45, 7) is 6.48. The smallest absolute Gasteiger partial charge is 0.225 e. The number of hydrogen-bond donors (Lipinski definition) is 3. The van der Waals surface area contributed by atoms with Gasteiger partial charge in [-0.1, -0.05) is 6.92 Å². The minimum Gasteiger partial charge on any atom is -0.383 e. The zero-order chi connectivity index (χ0) is 22.1. The third kappa shape index (κ3) is 7.39. The van der Waals surface area contributed by atoms with Crippen molar-refractivity contribution in [3.8, 4) is 0 Å². The van der Waals surface area contributed by atoms with Crippen molar-refractivity contribution >= 4 is 5.91 Å². The first-order valence-electron chi connectivity index (χ1n) is 12.7. The minimum atomic E-state index is 0.181. The van der Waals surface area contributed by atoms with Gasteiger partial charge >= 0.3 is 0 Å². The summed E-state index contributed by atoms with van der Waals surface area (Å²) < 4.78 is 10.7. The Labute approximate surface area is 189 Å². The quantitative estimate of drug-likeness (QED) is 0.486. The zero-order valence-electron chi connectivity index (χ0n) is 20.0. The molecule has 3 rings (SSSR count). The Morgan fingerprint density at radius 2 is 1.61 bits per heavy atom. The summed E-state index contributed by atoms with van der Waals surface area (Å²) in [5.41, 5.74) is 0. The first-order valence-corrected chi connectivity index (χ1v) is 12.7. The Hall–Kier alpha value is -0.730.